The van der Waals surface area contributed by atoms with Crippen molar-refractivity contribution in [1.82, 2.24) is 0 Å². The van der Waals surface area contributed by atoms with E-state index in [-0.39, 0.29) is 0 Å². The van der Waals surface area contributed by atoms with Crippen LogP contribution in [0.25, 0.3) is 77.2 Å². The molecule has 0 unspecified atom stereocenters. The summed E-state index contributed by atoms with van der Waals surface area (Å²) in [6.07, 6.45) is 0. The first-order chi connectivity index (χ1) is 28.3. The molecule has 0 aliphatic rings. The Kier molecular flexibility index (Phi) is 8.95. The van der Waals surface area contributed by atoms with Gasteiger partial charge in [-0.25, -0.2) is 0 Å². The van der Waals surface area contributed by atoms with Gasteiger partial charge in [-0.3, -0.25) is 0 Å². The summed E-state index contributed by atoms with van der Waals surface area (Å²) < 4.78 is 0. The predicted octanol–water partition coefficient (Wildman–Crippen LogP) is 15.8. The molecule has 1 heteroatoms. The molecule has 10 aromatic rings. The Morgan fingerprint density at radius 2 is 0.544 bits per heavy atom. The van der Waals surface area contributed by atoms with Crippen molar-refractivity contribution < 1.29 is 0 Å². The first kappa shape index (κ1) is 34.0. The van der Waals surface area contributed by atoms with Gasteiger partial charge in [-0.2, -0.15) is 0 Å². The zero-order valence-electron chi connectivity index (χ0n) is 31.5. The first-order valence-electron chi connectivity index (χ1n) is 19.6. The van der Waals surface area contributed by atoms with Crippen LogP contribution in [-0.4, -0.2) is 0 Å². The molecule has 0 amide bonds. The smallest absolute Gasteiger partial charge is 0.0546 e. The number of hydrogen-bond acceptors (Lipinski definition) is 1. The third-order valence-corrected chi connectivity index (χ3v) is 11.1. The zero-order valence-corrected chi connectivity index (χ0v) is 31.5. The Bertz CT molecular complexity index is 2940. The zero-order chi connectivity index (χ0) is 38.0. The van der Waals surface area contributed by atoms with Gasteiger partial charge in [0.15, 0.2) is 0 Å². The molecule has 0 radical (unpaired) electrons. The van der Waals surface area contributed by atoms with Gasteiger partial charge in [0.05, 0.1) is 5.69 Å². The molecule has 10 rings (SSSR count). The molecular formula is C56H39N. The van der Waals surface area contributed by atoms with Gasteiger partial charge in [-0.15, -0.1) is 0 Å². The van der Waals surface area contributed by atoms with Crippen molar-refractivity contribution in [1.29, 1.82) is 0 Å². The van der Waals surface area contributed by atoms with Crippen LogP contribution < -0.4 is 4.90 Å². The van der Waals surface area contributed by atoms with Gasteiger partial charge < -0.3 is 4.90 Å². The third-order valence-electron chi connectivity index (χ3n) is 11.1. The second-order valence-corrected chi connectivity index (χ2v) is 14.5. The van der Waals surface area contributed by atoms with Crippen LogP contribution >= 0.6 is 0 Å². The fraction of sp³-hybridized carbons (Fsp3) is 0. The lowest BCUT2D eigenvalue weighted by molar-refractivity contribution is 1.30. The van der Waals surface area contributed by atoms with E-state index >= 15 is 0 Å². The summed E-state index contributed by atoms with van der Waals surface area (Å²) in [5.74, 6) is 0. The van der Waals surface area contributed by atoms with E-state index in [4.69, 9.17) is 0 Å². The number of hydrogen-bond donors (Lipinski definition) is 0. The SMILES string of the molecule is c1ccc(-c2ccc(-c3ccc(N(c4ccc(-c5ccccc5)cc4)c4cccc5c4c(-c4ccccc4)c(-c4ccccc4)c4ccccc45)cc3)cc2)cc1. The minimum atomic E-state index is 1.09. The fourth-order valence-electron chi connectivity index (χ4n) is 8.36. The van der Waals surface area contributed by atoms with Gasteiger partial charge in [0.2, 0.25) is 0 Å². The normalized spacial score (nSPS) is 11.2. The lowest BCUT2D eigenvalue weighted by atomic mass is 9.84. The summed E-state index contributed by atoms with van der Waals surface area (Å²) in [7, 11) is 0. The number of nitrogens with zero attached hydrogens (tertiary/aromatic N) is 1. The number of benzene rings is 10. The molecule has 0 fully saturated rings. The van der Waals surface area contributed by atoms with Gasteiger partial charge >= 0.3 is 0 Å². The van der Waals surface area contributed by atoms with E-state index in [9.17, 15) is 0 Å². The first-order valence-corrected chi connectivity index (χ1v) is 19.6. The quantitative estimate of drug-likeness (QED) is 0.141. The number of anilines is 3. The third kappa shape index (κ3) is 6.46. The van der Waals surface area contributed by atoms with E-state index < -0.39 is 0 Å². The second kappa shape index (κ2) is 15.0. The molecular weight excluding hydrogens is 687 g/mol. The average molecular weight is 726 g/mol. The van der Waals surface area contributed by atoms with Gasteiger partial charge in [0.25, 0.3) is 0 Å². The van der Waals surface area contributed by atoms with Crippen LogP contribution in [0.5, 0.6) is 0 Å². The van der Waals surface area contributed by atoms with E-state index in [1.807, 2.05) is 0 Å². The van der Waals surface area contributed by atoms with E-state index in [1.54, 1.807) is 0 Å². The van der Waals surface area contributed by atoms with Crippen LogP contribution in [0.15, 0.2) is 237 Å². The van der Waals surface area contributed by atoms with E-state index in [2.05, 4.69) is 241 Å². The summed E-state index contributed by atoms with van der Waals surface area (Å²) in [4.78, 5) is 2.44. The standard InChI is InChI=1S/C56H39N/c1-5-16-40(17-6-1)42-28-30-43(31-29-42)45-34-38-49(39-35-45)57(48-36-32-44(33-37-48)41-18-7-2-8-19-41)53-27-15-26-52-50-24-13-14-25-51(50)54(46-20-9-3-10-21-46)55(56(52)53)47-22-11-4-12-23-47/h1-39H. The lowest BCUT2D eigenvalue weighted by Crippen LogP contribution is -2.11. The van der Waals surface area contributed by atoms with E-state index in [0.717, 1.165) is 17.1 Å². The van der Waals surface area contributed by atoms with Crippen LogP contribution in [0.3, 0.4) is 0 Å². The summed E-state index contributed by atoms with van der Waals surface area (Å²) >= 11 is 0. The maximum absolute atomic E-state index is 2.44. The molecule has 1 nitrogen and oxygen atoms in total. The molecule has 0 atom stereocenters. The molecule has 0 N–H and O–H groups in total. The summed E-state index contributed by atoms with van der Waals surface area (Å²) in [5.41, 5.74) is 15.4. The van der Waals surface area contributed by atoms with Crippen LogP contribution in [0.2, 0.25) is 0 Å². The molecule has 0 heterocycles. The van der Waals surface area contributed by atoms with Crippen LogP contribution in [0, 0.1) is 0 Å². The Morgan fingerprint density at radius 1 is 0.211 bits per heavy atom. The highest BCUT2D eigenvalue weighted by Crippen LogP contribution is 2.50. The number of rotatable bonds is 8. The van der Waals surface area contributed by atoms with Crippen molar-refractivity contribution >= 4 is 38.6 Å². The minimum absolute atomic E-state index is 1.09. The maximum Gasteiger partial charge on any atom is 0.0546 e. The Morgan fingerprint density at radius 3 is 1.00 bits per heavy atom. The monoisotopic (exact) mass is 725 g/mol. The van der Waals surface area contributed by atoms with Crippen molar-refractivity contribution in [3.05, 3.63) is 237 Å². The lowest BCUT2D eigenvalue weighted by Gasteiger charge is -2.29. The summed E-state index contributed by atoms with van der Waals surface area (Å²) in [5, 5.41) is 4.92. The fourth-order valence-corrected chi connectivity index (χ4v) is 8.36. The second-order valence-electron chi connectivity index (χ2n) is 14.5. The molecule has 0 saturated heterocycles. The predicted molar refractivity (Wildman–Crippen MR) is 243 cm³/mol. The molecule has 0 spiro atoms. The molecule has 10 aromatic carbocycles. The van der Waals surface area contributed by atoms with Crippen molar-refractivity contribution in [2.24, 2.45) is 0 Å². The van der Waals surface area contributed by atoms with E-state index in [0.29, 0.717) is 0 Å². The maximum atomic E-state index is 2.44. The van der Waals surface area contributed by atoms with Crippen molar-refractivity contribution in [3.8, 4) is 55.6 Å². The summed E-state index contributed by atoms with van der Waals surface area (Å²) in [6.45, 7) is 0. The number of fused-ring (bicyclic) bond motifs is 3. The highest BCUT2D eigenvalue weighted by Gasteiger charge is 2.23. The van der Waals surface area contributed by atoms with Gasteiger partial charge in [-0.05, 0) is 96.6 Å². The largest absolute Gasteiger partial charge is 0.310 e. The molecule has 0 aromatic heterocycles. The molecule has 0 saturated carbocycles. The molecule has 57 heavy (non-hydrogen) atoms. The van der Waals surface area contributed by atoms with Gasteiger partial charge in [0.1, 0.15) is 0 Å². The van der Waals surface area contributed by atoms with Crippen molar-refractivity contribution in [2.45, 2.75) is 0 Å². The molecule has 0 bridgehead atoms. The van der Waals surface area contributed by atoms with Gasteiger partial charge in [-0.1, -0.05) is 206 Å². The minimum Gasteiger partial charge on any atom is -0.310 e. The highest BCUT2D eigenvalue weighted by molar-refractivity contribution is 6.25. The van der Waals surface area contributed by atoms with Crippen LogP contribution in [0.4, 0.5) is 17.1 Å². The van der Waals surface area contributed by atoms with Crippen LogP contribution in [0.1, 0.15) is 0 Å². The van der Waals surface area contributed by atoms with Crippen molar-refractivity contribution in [2.75, 3.05) is 4.90 Å². The Balaban J connectivity index is 1.20. The Labute approximate surface area is 334 Å². The summed E-state index contributed by atoms with van der Waals surface area (Å²) in [6, 6.07) is 85.6. The van der Waals surface area contributed by atoms with E-state index in [1.165, 1.54) is 77.2 Å². The highest BCUT2D eigenvalue weighted by atomic mass is 15.1. The molecule has 0 aliphatic heterocycles. The Hall–Kier alpha value is -7.48. The molecule has 268 valence electrons. The van der Waals surface area contributed by atoms with Crippen molar-refractivity contribution in [3.63, 3.8) is 0 Å². The topological polar surface area (TPSA) is 3.24 Å². The molecule has 0 aliphatic carbocycles. The van der Waals surface area contributed by atoms with Crippen LogP contribution in [-0.2, 0) is 0 Å². The van der Waals surface area contributed by atoms with Gasteiger partial charge in [0, 0.05) is 22.3 Å². The average Bonchev–Trinajstić information content (AvgIpc) is 3.30.